The molecule has 0 saturated carbocycles. The highest BCUT2D eigenvalue weighted by Crippen LogP contribution is 2.32. The van der Waals surface area contributed by atoms with Crippen LogP contribution < -0.4 is 0 Å². The van der Waals surface area contributed by atoms with E-state index in [9.17, 15) is 5.11 Å². The molecule has 1 N–H and O–H groups in total. The lowest BCUT2D eigenvalue weighted by atomic mass is 9.96. The van der Waals surface area contributed by atoms with Gasteiger partial charge in [0, 0.05) is 12.6 Å². The third kappa shape index (κ3) is 1.49. The van der Waals surface area contributed by atoms with E-state index in [1.807, 2.05) is 0 Å². The summed E-state index contributed by atoms with van der Waals surface area (Å²) in [5.74, 6) is 0. The summed E-state index contributed by atoms with van der Waals surface area (Å²) in [6, 6.07) is 0.448. The maximum Gasteiger partial charge on any atom is 0.0994 e. The topological polar surface area (TPSA) is 36.0 Å². The van der Waals surface area contributed by atoms with Gasteiger partial charge < -0.3 is 14.7 Å². The molecule has 2 fully saturated rings. The molecule has 4 atom stereocenters. The van der Waals surface area contributed by atoms with Gasteiger partial charge in [0.25, 0.3) is 0 Å². The van der Waals surface area contributed by atoms with Crippen molar-refractivity contribution in [2.24, 2.45) is 0 Å². The fraction of sp³-hybridized carbons (Fsp3) is 1.00. The first-order chi connectivity index (χ1) is 5.68. The molecule has 0 aromatic carbocycles. The van der Waals surface area contributed by atoms with E-state index in [4.69, 9.17) is 4.74 Å². The Morgan fingerprint density at radius 1 is 1.50 bits per heavy atom. The molecule has 3 nitrogen and oxygen atoms in total. The van der Waals surface area contributed by atoms with Crippen LogP contribution >= 0.6 is 0 Å². The van der Waals surface area contributed by atoms with Gasteiger partial charge in [-0.1, -0.05) is 0 Å². The number of ether oxygens (including phenoxy) is 1. The SMILES string of the molecule is CC1OC1C1CC(O)CCN1C. The van der Waals surface area contributed by atoms with Gasteiger partial charge in [-0.2, -0.15) is 0 Å². The van der Waals surface area contributed by atoms with Crippen molar-refractivity contribution in [3.8, 4) is 0 Å². The molecule has 0 spiro atoms. The zero-order valence-corrected chi connectivity index (χ0v) is 7.73. The number of aliphatic hydroxyl groups excluding tert-OH is 1. The largest absolute Gasteiger partial charge is 0.393 e. The van der Waals surface area contributed by atoms with E-state index < -0.39 is 0 Å². The van der Waals surface area contributed by atoms with Crippen molar-refractivity contribution in [1.82, 2.24) is 4.90 Å². The number of piperidine rings is 1. The summed E-state index contributed by atoms with van der Waals surface area (Å²) in [5.41, 5.74) is 0. The third-order valence-corrected chi connectivity index (χ3v) is 3.03. The molecular formula is C9H17NO2. The van der Waals surface area contributed by atoms with Crippen LogP contribution in [-0.2, 0) is 4.74 Å². The van der Waals surface area contributed by atoms with Gasteiger partial charge in [0.05, 0.1) is 18.3 Å². The highest BCUT2D eigenvalue weighted by molar-refractivity contribution is 4.95. The maximum atomic E-state index is 9.48. The lowest BCUT2D eigenvalue weighted by Gasteiger charge is -2.34. The Hall–Kier alpha value is -0.120. The summed E-state index contributed by atoms with van der Waals surface area (Å²) in [5, 5.41) is 9.48. The number of hydrogen-bond acceptors (Lipinski definition) is 3. The van der Waals surface area contributed by atoms with Gasteiger partial charge in [0.2, 0.25) is 0 Å². The Balaban J connectivity index is 1.93. The minimum Gasteiger partial charge on any atom is -0.393 e. The van der Waals surface area contributed by atoms with Crippen molar-refractivity contribution in [3.63, 3.8) is 0 Å². The molecule has 12 heavy (non-hydrogen) atoms. The van der Waals surface area contributed by atoms with Crippen LogP contribution in [0.25, 0.3) is 0 Å². The molecule has 2 heterocycles. The normalized spacial score (nSPS) is 49.2. The van der Waals surface area contributed by atoms with Gasteiger partial charge in [0.1, 0.15) is 0 Å². The molecular weight excluding hydrogens is 154 g/mol. The lowest BCUT2D eigenvalue weighted by molar-refractivity contribution is 0.0441. The Morgan fingerprint density at radius 3 is 2.75 bits per heavy atom. The Bertz CT molecular complexity index is 172. The number of likely N-dealkylation sites (tertiary alicyclic amines) is 1. The Morgan fingerprint density at radius 2 is 2.17 bits per heavy atom. The molecule has 0 aromatic heterocycles. The molecule has 4 unspecified atom stereocenters. The van der Waals surface area contributed by atoms with Crippen LogP contribution in [0, 0.1) is 0 Å². The average Bonchev–Trinajstić information content (AvgIpc) is 2.73. The highest BCUT2D eigenvalue weighted by Gasteiger charge is 2.44. The lowest BCUT2D eigenvalue weighted by Crippen LogP contribution is -2.45. The molecule has 3 heteroatoms. The second-order valence-corrected chi connectivity index (χ2v) is 4.03. The predicted octanol–water partition coefficient (Wildman–Crippen LogP) is 0.229. The van der Waals surface area contributed by atoms with Crippen LogP contribution in [0.3, 0.4) is 0 Å². The van der Waals surface area contributed by atoms with Crippen molar-refractivity contribution in [2.45, 2.75) is 44.1 Å². The number of epoxide rings is 1. The fourth-order valence-corrected chi connectivity index (χ4v) is 2.09. The molecule has 0 aromatic rings. The van der Waals surface area contributed by atoms with Crippen molar-refractivity contribution < 1.29 is 9.84 Å². The van der Waals surface area contributed by atoms with E-state index >= 15 is 0 Å². The summed E-state index contributed by atoms with van der Waals surface area (Å²) in [6.07, 6.45) is 2.47. The number of rotatable bonds is 1. The van der Waals surface area contributed by atoms with E-state index in [0.717, 1.165) is 19.4 Å². The van der Waals surface area contributed by atoms with E-state index in [2.05, 4.69) is 18.9 Å². The Kier molecular flexibility index (Phi) is 2.10. The molecule has 2 aliphatic heterocycles. The fourth-order valence-electron chi connectivity index (χ4n) is 2.09. The molecule has 0 amide bonds. The molecule has 0 radical (unpaired) electrons. The minimum atomic E-state index is -0.109. The van der Waals surface area contributed by atoms with Crippen LogP contribution in [0.2, 0.25) is 0 Å². The summed E-state index contributed by atoms with van der Waals surface area (Å²) >= 11 is 0. The minimum absolute atomic E-state index is 0.109. The standard InChI is InChI=1S/C9H17NO2/c1-6-9(12-6)8-5-7(11)3-4-10(8)2/h6-9,11H,3-5H2,1-2H3. The first-order valence-electron chi connectivity index (χ1n) is 4.72. The van der Waals surface area contributed by atoms with Gasteiger partial charge in [0.15, 0.2) is 0 Å². The van der Waals surface area contributed by atoms with E-state index in [0.29, 0.717) is 18.2 Å². The van der Waals surface area contributed by atoms with Crippen molar-refractivity contribution in [1.29, 1.82) is 0 Å². The molecule has 2 rings (SSSR count). The maximum absolute atomic E-state index is 9.48. The summed E-state index contributed by atoms with van der Waals surface area (Å²) in [7, 11) is 2.12. The van der Waals surface area contributed by atoms with E-state index in [1.165, 1.54) is 0 Å². The van der Waals surface area contributed by atoms with E-state index in [1.54, 1.807) is 0 Å². The second kappa shape index (κ2) is 2.98. The summed E-state index contributed by atoms with van der Waals surface area (Å²) in [4.78, 5) is 2.31. The summed E-state index contributed by atoms with van der Waals surface area (Å²) < 4.78 is 5.42. The van der Waals surface area contributed by atoms with Crippen LogP contribution in [0.15, 0.2) is 0 Å². The van der Waals surface area contributed by atoms with Crippen LogP contribution in [0.1, 0.15) is 19.8 Å². The van der Waals surface area contributed by atoms with E-state index in [-0.39, 0.29) is 6.10 Å². The molecule has 0 aliphatic carbocycles. The van der Waals surface area contributed by atoms with Crippen molar-refractivity contribution >= 4 is 0 Å². The van der Waals surface area contributed by atoms with Crippen molar-refractivity contribution in [2.75, 3.05) is 13.6 Å². The molecule has 0 bridgehead atoms. The highest BCUT2D eigenvalue weighted by atomic mass is 16.6. The van der Waals surface area contributed by atoms with Crippen molar-refractivity contribution in [3.05, 3.63) is 0 Å². The van der Waals surface area contributed by atoms with Crippen LogP contribution in [0.5, 0.6) is 0 Å². The molecule has 2 saturated heterocycles. The molecule has 2 aliphatic rings. The first-order valence-corrected chi connectivity index (χ1v) is 4.72. The average molecular weight is 171 g/mol. The van der Waals surface area contributed by atoms with Gasteiger partial charge >= 0.3 is 0 Å². The van der Waals surface area contributed by atoms with Gasteiger partial charge in [-0.3, -0.25) is 0 Å². The number of likely N-dealkylation sites (N-methyl/N-ethyl adjacent to an activating group) is 1. The zero-order valence-electron chi connectivity index (χ0n) is 7.73. The monoisotopic (exact) mass is 171 g/mol. The predicted molar refractivity (Wildman–Crippen MR) is 46.0 cm³/mol. The quantitative estimate of drug-likeness (QED) is 0.574. The second-order valence-electron chi connectivity index (χ2n) is 4.03. The first kappa shape index (κ1) is 8.48. The summed E-state index contributed by atoms with van der Waals surface area (Å²) in [6.45, 7) is 3.10. The van der Waals surface area contributed by atoms with Crippen LogP contribution in [0.4, 0.5) is 0 Å². The van der Waals surface area contributed by atoms with Gasteiger partial charge in [-0.05, 0) is 26.8 Å². The van der Waals surface area contributed by atoms with Gasteiger partial charge in [-0.25, -0.2) is 0 Å². The van der Waals surface area contributed by atoms with Gasteiger partial charge in [-0.15, -0.1) is 0 Å². The molecule has 70 valence electrons. The number of nitrogens with zero attached hydrogens (tertiary/aromatic N) is 1. The number of hydrogen-bond donors (Lipinski definition) is 1. The zero-order chi connectivity index (χ0) is 8.72. The number of aliphatic hydroxyl groups is 1. The van der Waals surface area contributed by atoms with Crippen LogP contribution in [-0.4, -0.2) is 48.0 Å². The third-order valence-electron chi connectivity index (χ3n) is 3.03. The Labute approximate surface area is 73.3 Å². The smallest absolute Gasteiger partial charge is 0.0994 e.